The number of benzene rings is 2. The van der Waals surface area contributed by atoms with Gasteiger partial charge in [-0.25, -0.2) is 8.42 Å². The smallest absolute Gasteiger partial charge is 0.258 e. The molecule has 4 rings (SSSR count). The van der Waals surface area contributed by atoms with Crippen molar-refractivity contribution >= 4 is 21.6 Å². The standard InChI is InChI=1S/C22H26N2O5S/c1-16-8-9-20(28-2)21-19(16)7-4-10-24(21)22(25)17-5-3-6-18(15-17)30(26,27)23-11-13-29-14-12-23/h3,5-6,8-9,15H,4,7,10-14H2,1-2H3. The zero-order valence-electron chi connectivity index (χ0n) is 17.3. The number of methoxy groups -OCH3 is 1. The molecule has 0 radical (unpaired) electrons. The van der Waals surface area contributed by atoms with Crippen LogP contribution in [0.15, 0.2) is 41.3 Å². The van der Waals surface area contributed by atoms with Crippen LogP contribution in [-0.2, 0) is 21.2 Å². The maximum absolute atomic E-state index is 13.4. The summed E-state index contributed by atoms with van der Waals surface area (Å²) in [7, 11) is -2.08. The number of sulfonamides is 1. The Morgan fingerprint density at radius 1 is 1.10 bits per heavy atom. The van der Waals surface area contributed by atoms with E-state index in [0.717, 1.165) is 29.7 Å². The lowest BCUT2D eigenvalue weighted by atomic mass is 9.95. The fraction of sp³-hybridized carbons (Fsp3) is 0.409. The largest absolute Gasteiger partial charge is 0.495 e. The topological polar surface area (TPSA) is 76.2 Å². The Morgan fingerprint density at radius 3 is 2.60 bits per heavy atom. The van der Waals surface area contributed by atoms with E-state index in [1.54, 1.807) is 24.1 Å². The predicted octanol–water partition coefficient (Wildman–Crippen LogP) is 2.62. The number of carbonyl (C=O) groups excluding carboxylic acids is 1. The van der Waals surface area contributed by atoms with Crippen LogP contribution in [0, 0.1) is 6.92 Å². The summed E-state index contributed by atoms with van der Waals surface area (Å²) in [5.41, 5.74) is 3.36. The third-order valence-corrected chi connectivity index (χ3v) is 7.61. The number of hydrogen-bond donors (Lipinski definition) is 0. The monoisotopic (exact) mass is 430 g/mol. The van der Waals surface area contributed by atoms with Crippen molar-refractivity contribution in [3.63, 3.8) is 0 Å². The van der Waals surface area contributed by atoms with Crippen LogP contribution in [0.1, 0.15) is 27.9 Å². The summed E-state index contributed by atoms with van der Waals surface area (Å²) in [5.74, 6) is 0.430. The van der Waals surface area contributed by atoms with Crippen LogP contribution >= 0.6 is 0 Å². The number of amides is 1. The fourth-order valence-electron chi connectivity index (χ4n) is 4.10. The molecular formula is C22H26N2O5S. The second-order valence-electron chi connectivity index (χ2n) is 7.52. The van der Waals surface area contributed by atoms with E-state index in [-0.39, 0.29) is 10.8 Å². The van der Waals surface area contributed by atoms with Crippen LogP contribution in [0.5, 0.6) is 5.75 Å². The molecule has 2 aromatic carbocycles. The van der Waals surface area contributed by atoms with Gasteiger partial charge in [0.15, 0.2) is 0 Å². The number of aryl methyl sites for hydroxylation is 1. The van der Waals surface area contributed by atoms with Gasteiger partial charge in [-0.2, -0.15) is 4.31 Å². The Hall–Kier alpha value is -2.42. The van der Waals surface area contributed by atoms with Gasteiger partial charge in [0.2, 0.25) is 10.0 Å². The minimum absolute atomic E-state index is 0.128. The molecule has 1 fully saturated rings. The average Bonchev–Trinajstić information content (AvgIpc) is 2.79. The van der Waals surface area contributed by atoms with Gasteiger partial charge < -0.3 is 14.4 Å². The molecule has 160 valence electrons. The molecule has 0 saturated carbocycles. The maximum Gasteiger partial charge on any atom is 0.258 e. The molecule has 2 heterocycles. The summed E-state index contributed by atoms with van der Waals surface area (Å²) >= 11 is 0. The minimum atomic E-state index is -3.67. The van der Waals surface area contributed by atoms with Crippen LogP contribution in [0.2, 0.25) is 0 Å². The van der Waals surface area contributed by atoms with E-state index in [1.165, 1.54) is 16.4 Å². The molecule has 8 heteroatoms. The van der Waals surface area contributed by atoms with E-state index in [9.17, 15) is 13.2 Å². The molecule has 1 amide bonds. The predicted molar refractivity (Wildman–Crippen MR) is 114 cm³/mol. The first-order valence-corrected chi connectivity index (χ1v) is 11.5. The first kappa shape index (κ1) is 20.8. The minimum Gasteiger partial charge on any atom is -0.495 e. The fourth-order valence-corrected chi connectivity index (χ4v) is 5.56. The SMILES string of the molecule is COc1ccc(C)c2c1N(C(=O)c1cccc(S(=O)(=O)N3CCOCC3)c1)CCC2. The molecule has 0 bridgehead atoms. The molecule has 7 nitrogen and oxygen atoms in total. The molecule has 2 aliphatic rings. The highest BCUT2D eigenvalue weighted by Gasteiger charge is 2.30. The number of rotatable bonds is 4. The van der Waals surface area contributed by atoms with Crippen molar-refractivity contribution in [2.24, 2.45) is 0 Å². The van der Waals surface area contributed by atoms with Gasteiger partial charge in [0.25, 0.3) is 5.91 Å². The van der Waals surface area contributed by atoms with Gasteiger partial charge in [0.1, 0.15) is 5.75 Å². The van der Waals surface area contributed by atoms with Gasteiger partial charge >= 0.3 is 0 Å². The van der Waals surface area contributed by atoms with Gasteiger partial charge in [0.05, 0.1) is 30.9 Å². The first-order valence-electron chi connectivity index (χ1n) is 10.1. The van der Waals surface area contributed by atoms with Crippen molar-refractivity contribution in [1.82, 2.24) is 4.31 Å². The lowest BCUT2D eigenvalue weighted by molar-refractivity contribution is 0.0730. The first-order chi connectivity index (χ1) is 14.4. The van der Waals surface area contributed by atoms with Crippen LogP contribution < -0.4 is 9.64 Å². The van der Waals surface area contributed by atoms with Gasteiger partial charge in [-0.1, -0.05) is 12.1 Å². The second-order valence-corrected chi connectivity index (χ2v) is 9.45. The number of nitrogens with zero attached hydrogens (tertiary/aromatic N) is 2. The van der Waals surface area contributed by atoms with Crippen molar-refractivity contribution in [3.05, 3.63) is 53.1 Å². The van der Waals surface area contributed by atoms with Crippen molar-refractivity contribution in [3.8, 4) is 5.75 Å². The Kier molecular flexibility index (Phi) is 5.81. The number of carbonyl (C=O) groups is 1. The summed E-state index contributed by atoms with van der Waals surface area (Å²) in [5, 5.41) is 0. The quantitative estimate of drug-likeness (QED) is 0.745. The van der Waals surface area contributed by atoms with Crippen LogP contribution in [-0.4, -0.2) is 58.6 Å². The van der Waals surface area contributed by atoms with Gasteiger partial charge in [0, 0.05) is 25.2 Å². The van der Waals surface area contributed by atoms with Crippen LogP contribution in [0.4, 0.5) is 5.69 Å². The number of morpholine rings is 1. The van der Waals surface area contributed by atoms with E-state index < -0.39 is 10.0 Å². The number of hydrogen-bond acceptors (Lipinski definition) is 5. The van der Waals surface area contributed by atoms with Gasteiger partial charge in [-0.15, -0.1) is 0 Å². The summed E-state index contributed by atoms with van der Waals surface area (Å²) in [6.45, 7) is 3.98. The third-order valence-electron chi connectivity index (χ3n) is 5.71. The van der Waals surface area contributed by atoms with Crippen molar-refractivity contribution < 1.29 is 22.7 Å². The summed E-state index contributed by atoms with van der Waals surface area (Å²) in [6, 6.07) is 10.2. The normalized spacial score (nSPS) is 17.5. The molecule has 0 unspecified atom stereocenters. The van der Waals surface area contributed by atoms with Gasteiger partial charge in [-0.3, -0.25) is 4.79 Å². The lowest BCUT2D eigenvalue weighted by Crippen LogP contribution is -2.40. The van der Waals surface area contributed by atoms with E-state index in [0.29, 0.717) is 44.2 Å². The molecule has 0 atom stereocenters. The van der Waals surface area contributed by atoms with Crippen LogP contribution in [0.25, 0.3) is 0 Å². The molecule has 1 saturated heterocycles. The highest BCUT2D eigenvalue weighted by molar-refractivity contribution is 7.89. The number of ether oxygens (including phenoxy) is 2. The molecule has 0 spiro atoms. The van der Waals surface area contributed by atoms with E-state index >= 15 is 0 Å². The molecule has 0 aromatic heterocycles. The molecule has 30 heavy (non-hydrogen) atoms. The summed E-state index contributed by atoms with van der Waals surface area (Å²) < 4.78 is 38.2. The average molecular weight is 431 g/mol. The highest BCUT2D eigenvalue weighted by Crippen LogP contribution is 2.39. The Bertz CT molecular complexity index is 1060. The molecule has 2 aliphatic heterocycles. The van der Waals surface area contributed by atoms with E-state index in [4.69, 9.17) is 9.47 Å². The molecule has 0 N–H and O–H groups in total. The molecule has 0 aliphatic carbocycles. The third kappa shape index (κ3) is 3.71. The highest BCUT2D eigenvalue weighted by atomic mass is 32.2. The van der Waals surface area contributed by atoms with Gasteiger partial charge in [-0.05, 0) is 55.2 Å². The Morgan fingerprint density at radius 2 is 1.87 bits per heavy atom. The second kappa shape index (κ2) is 8.37. The molecular weight excluding hydrogens is 404 g/mol. The van der Waals surface area contributed by atoms with Crippen molar-refractivity contribution in [1.29, 1.82) is 0 Å². The van der Waals surface area contributed by atoms with E-state index in [2.05, 4.69) is 0 Å². The van der Waals surface area contributed by atoms with Crippen molar-refractivity contribution in [2.45, 2.75) is 24.7 Å². The van der Waals surface area contributed by atoms with E-state index in [1.807, 2.05) is 19.1 Å². The number of anilines is 1. The van der Waals surface area contributed by atoms with Crippen LogP contribution in [0.3, 0.4) is 0 Å². The lowest BCUT2D eigenvalue weighted by Gasteiger charge is -2.32. The Labute approximate surface area is 177 Å². The maximum atomic E-state index is 13.4. The summed E-state index contributed by atoms with van der Waals surface area (Å²) in [4.78, 5) is 15.3. The molecule has 2 aromatic rings. The Balaban J connectivity index is 1.70. The van der Waals surface area contributed by atoms with Crippen molar-refractivity contribution in [2.75, 3.05) is 44.9 Å². The zero-order valence-corrected chi connectivity index (χ0v) is 18.1. The zero-order chi connectivity index (χ0) is 21.3. The summed E-state index contributed by atoms with van der Waals surface area (Å²) in [6.07, 6.45) is 1.73. The number of fused-ring (bicyclic) bond motifs is 1.